The van der Waals surface area contributed by atoms with Crippen molar-refractivity contribution in [3.8, 4) is 5.75 Å². The van der Waals surface area contributed by atoms with Crippen LogP contribution in [0.15, 0.2) is 48.5 Å². The van der Waals surface area contributed by atoms with Gasteiger partial charge in [0.25, 0.3) is 0 Å². The summed E-state index contributed by atoms with van der Waals surface area (Å²) in [6.07, 6.45) is 0. The lowest BCUT2D eigenvalue weighted by Gasteiger charge is -2.18. The minimum atomic E-state index is -0.230. The zero-order valence-electron chi connectivity index (χ0n) is 14.6. The van der Waals surface area contributed by atoms with E-state index in [4.69, 9.17) is 4.74 Å². The Hall–Kier alpha value is -1.91. The van der Waals surface area contributed by atoms with Crippen molar-refractivity contribution in [3.05, 3.63) is 65.5 Å². The van der Waals surface area contributed by atoms with Crippen LogP contribution >= 0.6 is 0 Å². The van der Waals surface area contributed by atoms with Gasteiger partial charge in [0.15, 0.2) is 0 Å². The van der Waals surface area contributed by atoms with Gasteiger partial charge < -0.3 is 15.0 Å². The minimum absolute atomic E-state index is 0.230. The first-order chi connectivity index (χ1) is 11.7. The molecule has 24 heavy (non-hydrogen) atoms. The average molecular weight is 330 g/mol. The van der Waals surface area contributed by atoms with E-state index in [1.807, 2.05) is 24.3 Å². The first-order valence-corrected chi connectivity index (χ1v) is 8.61. The lowest BCUT2D eigenvalue weighted by Crippen LogP contribution is -2.31. The number of nitrogens with zero attached hydrogens (tertiary/aromatic N) is 1. The van der Waals surface area contributed by atoms with Crippen LogP contribution in [-0.2, 0) is 13.2 Å². The lowest BCUT2D eigenvalue weighted by molar-refractivity contribution is 0.298. The van der Waals surface area contributed by atoms with E-state index < -0.39 is 0 Å². The first-order valence-electron chi connectivity index (χ1n) is 8.61. The molecule has 0 aromatic heterocycles. The molecule has 2 aromatic carbocycles. The molecule has 130 valence electrons. The van der Waals surface area contributed by atoms with Crippen LogP contribution in [0.25, 0.3) is 0 Å². The lowest BCUT2D eigenvalue weighted by atomic mass is 10.2. The molecule has 0 radical (unpaired) electrons. The molecule has 3 nitrogen and oxygen atoms in total. The van der Waals surface area contributed by atoms with Crippen molar-refractivity contribution in [2.45, 2.75) is 27.0 Å². The van der Waals surface area contributed by atoms with Crippen molar-refractivity contribution in [2.75, 3.05) is 26.2 Å². The number of halogens is 1. The zero-order chi connectivity index (χ0) is 17.2. The Labute approximate surface area is 144 Å². The number of nitrogens with one attached hydrogen (secondary N) is 1. The SMILES string of the molecule is CCN(CC)CCNCc1cccc(OCc2ccccc2F)c1. The summed E-state index contributed by atoms with van der Waals surface area (Å²) in [5.41, 5.74) is 1.74. The van der Waals surface area contributed by atoms with Gasteiger partial charge in [0.2, 0.25) is 0 Å². The average Bonchev–Trinajstić information content (AvgIpc) is 2.61. The Morgan fingerprint density at radius 1 is 1.04 bits per heavy atom. The molecule has 0 aliphatic heterocycles. The minimum Gasteiger partial charge on any atom is -0.489 e. The summed E-state index contributed by atoms with van der Waals surface area (Å²) in [4.78, 5) is 2.39. The highest BCUT2D eigenvalue weighted by molar-refractivity contribution is 5.29. The van der Waals surface area contributed by atoms with Crippen LogP contribution in [0.2, 0.25) is 0 Å². The predicted molar refractivity (Wildman–Crippen MR) is 96.7 cm³/mol. The molecular formula is C20H27FN2O. The Kier molecular flexibility index (Phi) is 7.72. The third-order valence-electron chi connectivity index (χ3n) is 4.08. The monoisotopic (exact) mass is 330 g/mol. The fourth-order valence-electron chi connectivity index (χ4n) is 2.53. The molecule has 1 N–H and O–H groups in total. The maximum atomic E-state index is 13.6. The van der Waals surface area contributed by atoms with E-state index in [0.29, 0.717) is 5.56 Å². The molecule has 0 heterocycles. The van der Waals surface area contributed by atoms with E-state index in [2.05, 4.69) is 30.1 Å². The molecule has 0 amide bonds. The third kappa shape index (κ3) is 5.95. The molecule has 2 aromatic rings. The second-order valence-corrected chi connectivity index (χ2v) is 5.73. The van der Waals surface area contributed by atoms with Crippen molar-refractivity contribution in [1.29, 1.82) is 0 Å². The topological polar surface area (TPSA) is 24.5 Å². The third-order valence-corrected chi connectivity index (χ3v) is 4.08. The Balaban J connectivity index is 1.80. The number of benzene rings is 2. The van der Waals surface area contributed by atoms with Gasteiger partial charge in [-0.15, -0.1) is 0 Å². The molecule has 0 unspecified atom stereocenters. The molecule has 0 spiro atoms. The predicted octanol–water partition coefficient (Wildman–Crippen LogP) is 3.84. The van der Waals surface area contributed by atoms with Crippen molar-refractivity contribution in [1.82, 2.24) is 10.2 Å². The zero-order valence-corrected chi connectivity index (χ0v) is 14.6. The molecule has 4 heteroatoms. The van der Waals surface area contributed by atoms with Crippen LogP contribution in [0.1, 0.15) is 25.0 Å². The van der Waals surface area contributed by atoms with Crippen LogP contribution in [-0.4, -0.2) is 31.1 Å². The quantitative estimate of drug-likeness (QED) is 0.670. The van der Waals surface area contributed by atoms with E-state index in [-0.39, 0.29) is 12.4 Å². The number of likely N-dealkylation sites (N-methyl/N-ethyl adjacent to an activating group) is 1. The molecule has 0 aliphatic rings. The molecule has 0 bridgehead atoms. The van der Waals surface area contributed by atoms with Gasteiger partial charge in [0.1, 0.15) is 18.2 Å². The highest BCUT2D eigenvalue weighted by Gasteiger charge is 2.03. The molecule has 2 rings (SSSR count). The van der Waals surface area contributed by atoms with Crippen LogP contribution in [0.5, 0.6) is 5.75 Å². The van der Waals surface area contributed by atoms with Gasteiger partial charge in [-0.2, -0.15) is 0 Å². The van der Waals surface area contributed by atoms with Crippen molar-refractivity contribution >= 4 is 0 Å². The Morgan fingerprint density at radius 3 is 2.58 bits per heavy atom. The normalized spacial score (nSPS) is 11.0. The van der Waals surface area contributed by atoms with E-state index in [1.165, 1.54) is 11.6 Å². The highest BCUT2D eigenvalue weighted by Crippen LogP contribution is 2.16. The van der Waals surface area contributed by atoms with Gasteiger partial charge in [0, 0.05) is 25.2 Å². The summed E-state index contributed by atoms with van der Waals surface area (Å²) >= 11 is 0. The van der Waals surface area contributed by atoms with Crippen LogP contribution in [0, 0.1) is 5.82 Å². The molecule has 0 aliphatic carbocycles. The maximum Gasteiger partial charge on any atom is 0.129 e. The molecule has 0 saturated heterocycles. The fourth-order valence-corrected chi connectivity index (χ4v) is 2.53. The Bertz CT molecular complexity index is 614. The van der Waals surface area contributed by atoms with E-state index >= 15 is 0 Å². The molecular weight excluding hydrogens is 303 g/mol. The van der Waals surface area contributed by atoms with Crippen molar-refractivity contribution in [3.63, 3.8) is 0 Å². The number of rotatable bonds is 10. The largest absolute Gasteiger partial charge is 0.489 e. The second-order valence-electron chi connectivity index (χ2n) is 5.73. The van der Waals surface area contributed by atoms with Gasteiger partial charge >= 0.3 is 0 Å². The molecule has 0 saturated carbocycles. The fraction of sp³-hybridized carbons (Fsp3) is 0.400. The van der Waals surface area contributed by atoms with Gasteiger partial charge in [-0.1, -0.05) is 44.2 Å². The summed E-state index contributed by atoms with van der Waals surface area (Å²) in [7, 11) is 0. The van der Waals surface area contributed by atoms with Crippen LogP contribution in [0.4, 0.5) is 4.39 Å². The summed E-state index contributed by atoms with van der Waals surface area (Å²) in [6.45, 7) is 9.58. The number of hydrogen-bond acceptors (Lipinski definition) is 3. The molecule has 0 fully saturated rings. The van der Waals surface area contributed by atoms with Gasteiger partial charge in [-0.25, -0.2) is 4.39 Å². The summed E-state index contributed by atoms with van der Waals surface area (Å²) in [6, 6.07) is 14.6. The number of ether oxygens (including phenoxy) is 1. The van der Waals surface area contributed by atoms with E-state index in [0.717, 1.165) is 38.5 Å². The van der Waals surface area contributed by atoms with E-state index in [1.54, 1.807) is 12.1 Å². The van der Waals surface area contributed by atoms with Crippen molar-refractivity contribution in [2.24, 2.45) is 0 Å². The van der Waals surface area contributed by atoms with Crippen molar-refractivity contribution < 1.29 is 9.13 Å². The van der Waals surface area contributed by atoms with Crippen LogP contribution < -0.4 is 10.1 Å². The second kappa shape index (κ2) is 10.1. The van der Waals surface area contributed by atoms with E-state index in [9.17, 15) is 4.39 Å². The van der Waals surface area contributed by atoms with Crippen LogP contribution in [0.3, 0.4) is 0 Å². The first kappa shape index (κ1) is 18.4. The summed E-state index contributed by atoms with van der Waals surface area (Å²) in [5.74, 6) is 0.535. The summed E-state index contributed by atoms with van der Waals surface area (Å²) < 4.78 is 19.3. The number of hydrogen-bond donors (Lipinski definition) is 1. The maximum absolute atomic E-state index is 13.6. The molecule has 0 atom stereocenters. The standard InChI is InChI=1S/C20H27FN2O/c1-3-23(4-2)13-12-22-15-17-8-7-10-19(14-17)24-16-18-9-5-6-11-20(18)21/h5-11,14,22H,3-4,12-13,15-16H2,1-2H3. The Morgan fingerprint density at radius 2 is 1.83 bits per heavy atom. The van der Waals surface area contributed by atoms with Gasteiger partial charge in [-0.3, -0.25) is 0 Å². The van der Waals surface area contributed by atoms with Gasteiger partial charge in [0.05, 0.1) is 0 Å². The summed E-state index contributed by atoms with van der Waals surface area (Å²) in [5, 5.41) is 3.45. The highest BCUT2D eigenvalue weighted by atomic mass is 19.1. The van der Waals surface area contributed by atoms with Gasteiger partial charge in [-0.05, 0) is 36.9 Å². The smallest absolute Gasteiger partial charge is 0.129 e.